The Balaban J connectivity index is 1.67. The summed E-state index contributed by atoms with van der Waals surface area (Å²) in [6.07, 6.45) is 0.875. The van der Waals surface area contributed by atoms with Gasteiger partial charge in [0.1, 0.15) is 17.3 Å². The third-order valence-corrected chi connectivity index (χ3v) is 7.54. The molecule has 1 unspecified atom stereocenters. The van der Waals surface area contributed by atoms with Gasteiger partial charge in [-0.15, -0.1) is 0 Å². The minimum absolute atomic E-state index is 0.0113. The lowest BCUT2D eigenvalue weighted by molar-refractivity contribution is -0.132. The molecule has 0 saturated carbocycles. The van der Waals surface area contributed by atoms with Gasteiger partial charge >= 0.3 is 5.91 Å². The molecule has 4 aromatic rings. The molecule has 1 fully saturated rings. The van der Waals surface area contributed by atoms with Crippen LogP contribution in [-0.2, 0) is 9.59 Å². The van der Waals surface area contributed by atoms with Gasteiger partial charge < -0.3 is 14.6 Å². The minimum atomic E-state index is -0.862. The molecule has 0 spiro atoms. The van der Waals surface area contributed by atoms with E-state index in [9.17, 15) is 14.7 Å². The van der Waals surface area contributed by atoms with Crippen molar-refractivity contribution >= 4 is 44.1 Å². The van der Waals surface area contributed by atoms with E-state index in [1.807, 2.05) is 63.2 Å². The van der Waals surface area contributed by atoms with Crippen molar-refractivity contribution in [2.75, 3.05) is 18.6 Å². The predicted molar refractivity (Wildman–Crippen MR) is 149 cm³/mol. The summed E-state index contributed by atoms with van der Waals surface area (Å²) in [6.45, 7) is 6.45. The molecule has 0 radical (unpaired) electrons. The molecule has 1 aliphatic heterocycles. The number of ketones is 1. The van der Waals surface area contributed by atoms with E-state index in [0.29, 0.717) is 34.4 Å². The van der Waals surface area contributed by atoms with Crippen molar-refractivity contribution in [3.8, 4) is 11.5 Å². The van der Waals surface area contributed by atoms with E-state index in [-0.39, 0.29) is 11.3 Å². The fraction of sp³-hybridized carbons (Fsp3) is 0.233. The van der Waals surface area contributed by atoms with E-state index in [1.165, 1.54) is 16.2 Å². The summed E-state index contributed by atoms with van der Waals surface area (Å²) in [5.74, 6) is -0.392. The quantitative estimate of drug-likeness (QED) is 0.171. The first-order chi connectivity index (χ1) is 18.3. The van der Waals surface area contributed by atoms with Gasteiger partial charge in [0.05, 0.1) is 35.5 Å². The molecule has 0 aliphatic carbocycles. The number of anilines is 1. The van der Waals surface area contributed by atoms with E-state index in [1.54, 1.807) is 25.3 Å². The summed E-state index contributed by atoms with van der Waals surface area (Å²) in [5.41, 5.74) is 3.71. The van der Waals surface area contributed by atoms with Crippen LogP contribution in [0, 0.1) is 13.8 Å². The highest BCUT2D eigenvalue weighted by atomic mass is 32.1. The summed E-state index contributed by atoms with van der Waals surface area (Å²) in [7, 11) is 1.57. The monoisotopic (exact) mass is 528 g/mol. The summed E-state index contributed by atoms with van der Waals surface area (Å²) < 4.78 is 12.0. The third kappa shape index (κ3) is 4.52. The van der Waals surface area contributed by atoms with Gasteiger partial charge in [0.25, 0.3) is 5.78 Å². The second kappa shape index (κ2) is 10.3. The second-order valence-electron chi connectivity index (χ2n) is 9.24. The molecular weight excluding hydrogens is 500 g/mol. The van der Waals surface area contributed by atoms with E-state index in [0.717, 1.165) is 27.8 Å². The van der Waals surface area contributed by atoms with Gasteiger partial charge in [-0.2, -0.15) is 0 Å². The van der Waals surface area contributed by atoms with Gasteiger partial charge in [-0.25, -0.2) is 4.98 Å². The molecule has 0 bridgehead atoms. The Bertz CT molecular complexity index is 1570. The van der Waals surface area contributed by atoms with Crippen molar-refractivity contribution in [2.45, 2.75) is 33.2 Å². The zero-order valence-electron chi connectivity index (χ0n) is 21.6. The van der Waals surface area contributed by atoms with Gasteiger partial charge in [-0.05, 0) is 79.4 Å². The topological polar surface area (TPSA) is 89.0 Å². The number of carbonyl (C=O) groups excluding carboxylic acids is 2. The normalized spacial score (nSPS) is 16.8. The molecule has 1 atom stereocenters. The Hall–Kier alpha value is -4.17. The molecule has 1 aliphatic rings. The average Bonchev–Trinajstić information content (AvgIpc) is 3.44. The lowest BCUT2D eigenvalue weighted by atomic mass is 9.95. The van der Waals surface area contributed by atoms with E-state index in [2.05, 4.69) is 4.98 Å². The molecule has 1 amide bonds. The Morgan fingerprint density at radius 1 is 1.05 bits per heavy atom. The number of methoxy groups -OCH3 is 1. The van der Waals surface area contributed by atoms with Crippen LogP contribution in [0.25, 0.3) is 16.0 Å². The number of carbonyl (C=O) groups is 2. The lowest BCUT2D eigenvalue weighted by Gasteiger charge is -2.23. The maximum atomic E-state index is 13.5. The summed E-state index contributed by atoms with van der Waals surface area (Å²) in [5, 5.41) is 11.8. The number of aromatic nitrogens is 1. The fourth-order valence-corrected chi connectivity index (χ4v) is 5.71. The molecule has 1 saturated heterocycles. The molecule has 194 valence electrons. The van der Waals surface area contributed by atoms with Crippen LogP contribution in [0.4, 0.5) is 5.13 Å². The van der Waals surface area contributed by atoms with Crippen LogP contribution in [0.3, 0.4) is 0 Å². The van der Waals surface area contributed by atoms with Gasteiger partial charge in [0, 0.05) is 5.56 Å². The number of thiazole rings is 1. The van der Waals surface area contributed by atoms with Crippen LogP contribution in [0.5, 0.6) is 11.5 Å². The Morgan fingerprint density at radius 2 is 1.82 bits per heavy atom. The van der Waals surface area contributed by atoms with Crippen LogP contribution in [0.1, 0.15) is 41.6 Å². The Morgan fingerprint density at radius 3 is 2.50 bits per heavy atom. The highest BCUT2D eigenvalue weighted by Crippen LogP contribution is 2.44. The number of hydrogen-bond acceptors (Lipinski definition) is 7. The summed E-state index contributed by atoms with van der Waals surface area (Å²) in [6, 6.07) is 17.4. The van der Waals surface area contributed by atoms with Crippen molar-refractivity contribution in [1.29, 1.82) is 0 Å². The molecule has 7 nitrogen and oxygen atoms in total. The molecule has 1 N–H and O–H groups in total. The standard InChI is InChI=1S/C30H28N2O5S/c1-5-14-37-21-10-7-19(8-11-21)26-25(27(33)20-9-13-23(36-4)18(3)16-20)28(34)29(35)32(26)30-31-22-12-6-17(2)15-24(22)38-30/h6-13,15-16,26,33H,5,14H2,1-4H3. The van der Waals surface area contributed by atoms with E-state index >= 15 is 0 Å². The number of rotatable bonds is 7. The molecule has 38 heavy (non-hydrogen) atoms. The number of amides is 1. The number of fused-ring (bicyclic) bond motifs is 1. The number of nitrogens with zero attached hydrogens (tertiary/aromatic N) is 2. The van der Waals surface area contributed by atoms with E-state index in [4.69, 9.17) is 9.47 Å². The lowest BCUT2D eigenvalue weighted by Crippen LogP contribution is -2.29. The fourth-order valence-electron chi connectivity index (χ4n) is 4.62. The Labute approximate surface area is 225 Å². The molecule has 2 heterocycles. The van der Waals surface area contributed by atoms with Gasteiger partial charge in [-0.1, -0.05) is 36.5 Å². The maximum absolute atomic E-state index is 13.5. The van der Waals surface area contributed by atoms with Crippen molar-refractivity contribution in [1.82, 2.24) is 4.98 Å². The number of aliphatic hydroxyl groups is 1. The van der Waals surface area contributed by atoms with Gasteiger partial charge in [0.15, 0.2) is 5.13 Å². The maximum Gasteiger partial charge on any atom is 0.301 e. The number of ether oxygens (including phenoxy) is 2. The smallest absolute Gasteiger partial charge is 0.301 e. The average molecular weight is 529 g/mol. The summed E-state index contributed by atoms with van der Waals surface area (Å²) >= 11 is 1.34. The first-order valence-corrected chi connectivity index (χ1v) is 13.2. The van der Waals surface area contributed by atoms with E-state index < -0.39 is 17.7 Å². The number of aliphatic hydroxyl groups excluding tert-OH is 1. The van der Waals surface area contributed by atoms with Gasteiger partial charge in [-0.3, -0.25) is 14.5 Å². The highest BCUT2D eigenvalue weighted by molar-refractivity contribution is 7.22. The van der Waals surface area contributed by atoms with Crippen LogP contribution in [0.15, 0.2) is 66.2 Å². The number of Topliss-reactive ketones (excluding diaryl/α,β-unsaturated/α-hetero) is 1. The zero-order chi connectivity index (χ0) is 27.0. The largest absolute Gasteiger partial charge is 0.507 e. The zero-order valence-corrected chi connectivity index (χ0v) is 22.5. The Kier molecular flexibility index (Phi) is 6.91. The number of hydrogen-bond donors (Lipinski definition) is 1. The van der Waals surface area contributed by atoms with Crippen LogP contribution >= 0.6 is 11.3 Å². The molecule has 5 rings (SSSR count). The number of benzene rings is 3. The van der Waals surface area contributed by atoms with Crippen molar-refractivity contribution in [3.63, 3.8) is 0 Å². The molecule has 3 aromatic carbocycles. The predicted octanol–water partition coefficient (Wildman–Crippen LogP) is 6.34. The minimum Gasteiger partial charge on any atom is -0.507 e. The SMILES string of the molecule is CCCOc1ccc(C2C(=C(O)c3ccc(OC)c(C)c3)C(=O)C(=O)N2c2nc3ccc(C)cc3s2)cc1. The highest BCUT2D eigenvalue weighted by Gasteiger charge is 2.48. The molecule has 1 aromatic heterocycles. The summed E-state index contributed by atoms with van der Waals surface area (Å²) in [4.78, 5) is 33.1. The van der Waals surface area contributed by atoms with Crippen LogP contribution in [0.2, 0.25) is 0 Å². The number of aryl methyl sites for hydroxylation is 2. The molecule has 8 heteroatoms. The van der Waals surface area contributed by atoms with Crippen LogP contribution in [-0.4, -0.2) is 35.5 Å². The second-order valence-corrected chi connectivity index (χ2v) is 10.2. The van der Waals surface area contributed by atoms with Crippen molar-refractivity contribution in [3.05, 3.63) is 88.5 Å². The first kappa shape index (κ1) is 25.5. The van der Waals surface area contributed by atoms with Gasteiger partial charge in [0.2, 0.25) is 0 Å². The van der Waals surface area contributed by atoms with Crippen molar-refractivity contribution in [2.24, 2.45) is 0 Å². The third-order valence-electron chi connectivity index (χ3n) is 6.52. The first-order valence-electron chi connectivity index (χ1n) is 12.4. The van der Waals surface area contributed by atoms with Crippen molar-refractivity contribution < 1.29 is 24.2 Å². The van der Waals surface area contributed by atoms with Crippen LogP contribution < -0.4 is 14.4 Å². The molecular formula is C30H28N2O5S.